The summed E-state index contributed by atoms with van der Waals surface area (Å²) in [7, 11) is 0. The molecule has 1 amide bonds. The molecule has 1 aromatic heterocycles. The summed E-state index contributed by atoms with van der Waals surface area (Å²) in [6.07, 6.45) is 2.03. The highest BCUT2D eigenvalue weighted by molar-refractivity contribution is 5.85. The van der Waals surface area contributed by atoms with Crippen molar-refractivity contribution in [1.82, 2.24) is 15.2 Å². The highest BCUT2D eigenvalue weighted by Gasteiger charge is 2.23. The van der Waals surface area contributed by atoms with Gasteiger partial charge in [-0.2, -0.15) is 0 Å². The van der Waals surface area contributed by atoms with Crippen molar-refractivity contribution in [2.75, 3.05) is 19.6 Å². The first kappa shape index (κ1) is 22.3. The van der Waals surface area contributed by atoms with Gasteiger partial charge in [-0.3, -0.25) is 4.79 Å². The van der Waals surface area contributed by atoms with Crippen molar-refractivity contribution in [3.63, 3.8) is 0 Å². The molecule has 2 heterocycles. The average molecular weight is 408 g/mol. The van der Waals surface area contributed by atoms with E-state index in [0.717, 1.165) is 25.2 Å². The number of aromatic nitrogens is 1. The molecule has 0 radical (unpaired) electrons. The van der Waals surface area contributed by atoms with Gasteiger partial charge >= 0.3 is 0 Å². The Morgan fingerprint density at radius 1 is 1.38 bits per heavy atom. The maximum absolute atomic E-state index is 13.8. The molecule has 0 spiro atoms. The topological polar surface area (TPSA) is 58.4 Å². The molecule has 5 nitrogen and oxygen atoms in total. The van der Waals surface area contributed by atoms with Crippen molar-refractivity contribution in [2.45, 2.75) is 25.8 Å². The van der Waals surface area contributed by atoms with Crippen LogP contribution in [0.15, 0.2) is 28.8 Å². The average Bonchev–Trinajstić information content (AvgIpc) is 3.01. The van der Waals surface area contributed by atoms with Gasteiger partial charge in [-0.1, -0.05) is 0 Å². The molecule has 26 heavy (non-hydrogen) atoms. The van der Waals surface area contributed by atoms with Crippen LogP contribution in [-0.2, 0) is 11.2 Å². The molecule has 0 bridgehead atoms. The van der Waals surface area contributed by atoms with E-state index in [1.807, 2.05) is 11.8 Å². The summed E-state index contributed by atoms with van der Waals surface area (Å²) < 4.78 is 32.2. The smallest absolute Gasteiger partial charge is 0.223 e. The lowest BCUT2D eigenvalue weighted by Gasteiger charge is -2.34. The van der Waals surface area contributed by atoms with Crippen molar-refractivity contribution in [2.24, 2.45) is 0 Å². The van der Waals surface area contributed by atoms with E-state index in [9.17, 15) is 13.6 Å². The number of carbonyl (C=O) groups excluding carboxylic acids is 1. The lowest BCUT2D eigenvalue weighted by Crippen LogP contribution is -2.52. The second-order valence-corrected chi connectivity index (χ2v) is 5.88. The monoisotopic (exact) mass is 407 g/mol. The standard InChI is InChI=1S/C17H19F2N3O2.2ClH/c1-11-9-20-6-7-22(11)17(23)5-4-16-21-10-15(24-16)13-3-2-12(18)8-14(13)19;;/h2-3,8,10-11,20H,4-7,9H2,1H3;2*1H/t11-;;/m1../s1. The molecule has 144 valence electrons. The minimum absolute atomic E-state index is 0. The zero-order valence-corrected chi connectivity index (χ0v) is 15.8. The Bertz CT molecular complexity index is 743. The van der Waals surface area contributed by atoms with Crippen LogP contribution in [0.5, 0.6) is 0 Å². The predicted octanol–water partition coefficient (Wildman–Crippen LogP) is 3.22. The molecule has 9 heteroatoms. The fraction of sp³-hybridized carbons (Fsp3) is 0.412. The molecular formula is C17H21Cl2F2N3O2. The molecule has 1 N–H and O–H groups in total. The quantitative estimate of drug-likeness (QED) is 0.844. The summed E-state index contributed by atoms with van der Waals surface area (Å²) in [6.45, 7) is 4.28. The Balaban J connectivity index is 0.00000169. The first-order chi connectivity index (χ1) is 11.5. The van der Waals surface area contributed by atoms with Crippen molar-refractivity contribution < 1.29 is 18.0 Å². The van der Waals surface area contributed by atoms with Crippen LogP contribution in [0, 0.1) is 11.6 Å². The third kappa shape index (κ3) is 5.16. The Morgan fingerprint density at radius 2 is 2.15 bits per heavy atom. The van der Waals surface area contributed by atoms with E-state index in [2.05, 4.69) is 10.3 Å². The lowest BCUT2D eigenvalue weighted by atomic mass is 10.2. The molecule has 1 aliphatic heterocycles. The largest absolute Gasteiger partial charge is 0.441 e. The van der Waals surface area contributed by atoms with Crippen LogP contribution in [0.2, 0.25) is 0 Å². The Hall–Kier alpha value is -1.70. The fourth-order valence-electron chi connectivity index (χ4n) is 2.81. The van der Waals surface area contributed by atoms with E-state index in [1.165, 1.54) is 12.3 Å². The Kier molecular flexibility index (Phi) is 8.46. The molecule has 1 aliphatic rings. The summed E-state index contributed by atoms with van der Waals surface area (Å²) in [5.74, 6) is -0.706. The number of hydrogen-bond acceptors (Lipinski definition) is 4. The zero-order chi connectivity index (χ0) is 17.1. The van der Waals surface area contributed by atoms with Crippen LogP contribution >= 0.6 is 24.8 Å². The number of hydrogen-bond donors (Lipinski definition) is 1. The minimum atomic E-state index is -0.705. The van der Waals surface area contributed by atoms with Crippen LogP contribution in [0.25, 0.3) is 11.3 Å². The molecule has 1 saturated heterocycles. The van der Waals surface area contributed by atoms with Gasteiger partial charge in [-0.05, 0) is 19.1 Å². The van der Waals surface area contributed by atoms with Crippen molar-refractivity contribution in [1.29, 1.82) is 0 Å². The van der Waals surface area contributed by atoms with E-state index in [1.54, 1.807) is 0 Å². The van der Waals surface area contributed by atoms with E-state index in [-0.39, 0.29) is 54.5 Å². The summed E-state index contributed by atoms with van der Waals surface area (Å²) >= 11 is 0. The van der Waals surface area contributed by atoms with Crippen LogP contribution < -0.4 is 5.32 Å². The van der Waals surface area contributed by atoms with Gasteiger partial charge in [0.2, 0.25) is 5.91 Å². The van der Waals surface area contributed by atoms with Crippen LogP contribution in [0.4, 0.5) is 8.78 Å². The maximum Gasteiger partial charge on any atom is 0.223 e. The van der Waals surface area contributed by atoms with Crippen LogP contribution in [0.3, 0.4) is 0 Å². The molecule has 0 aliphatic carbocycles. The highest BCUT2D eigenvalue weighted by Crippen LogP contribution is 2.24. The number of halogens is 4. The predicted molar refractivity (Wildman–Crippen MR) is 98.7 cm³/mol. The van der Waals surface area contributed by atoms with Gasteiger partial charge in [0, 0.05) is 44.6 Å². The van der Waals surface area contributed by atoms with E-state index >= 15 is 0 Å². The zero-order valence-electron chi connectivity index (χ0n) is 14.2. The number of benzene rings is 1. The van der Waals surface area contributed by atoms with Gasteiger partial charge in [-0.25, -0.2) is 13.8 Å². The van der Waals surface area contributed by atoms with Gasteiger partial charge in [0.15, 0.2) is 11.7 Å². The normalized spacial score (nSPS) is 16.6. The van der Waals surface area contributed by atoms with Crippen LogP contribution in [0.1, 0.15) is 19.2 Å². The van der Waals surface area contributed by atoms with Gasteiger partial charge < -0.3 is 14.6 Å². The second-order valence-electron chi connectivity index (χ2n) is 5.88. The number of carbonyl (C=O) groups is 1. The summed E-state index contributed by atoms with van der Waals surface area (Å²) in [5, 5.41) is 3.24. The molecule has 1 aromatic carbocycles. The van der Waals surface area contributed by atoms with Gasteiger partial charge in [0.05, 0.1) is 11.8 Å². The molecule has 0 unspecified atom stereocenters. The summed E-state index contributed by atoms with van der Waals surface area (Å²) in [6, 6.07) is 3.44. The number of nitrogens with zero attached hydrogens (tertiary/aromatic N) is 2. The van der Waals surface area contributed by atoms with Gasteiger partial charge in [0.25, 0.3) is 0 Å². The van der Waals surface area contributed by atoms with Crippen LogP contribution in [-0.4, -0.2) is 41.5 Å². The first-order valence-electron chi connectivity index (χ1n) is 7.95. The maximum atomic E-state index is 13.8. The number of aryl methyl sites for hydroxylation is 1. The number of oxazole rings is 1. The van der Waals surface area contributed by atoms with Crippen molar-refractivity contribution in [3.05, 3.63) is 41.9 Å². The molecule has 2 aromatic rings. The molecular weight excluding hydrogens is 387 g/mol. The lowest BCUT2D eigenvalue weighted by molar-refractivity contribution is -0.134. The number of piperazine rings is 1. The van der Waals surface area contributed by atoms with Gasteiger partial charge in [-0.15, -0.1) is 24.8 Å². The van der Waals surface area contributed by atoms with Crippen molar-refractivity contribution >= 4 is 30.7 Å². The third-order valence-corrected chi connectivity index (χ3v) is 4.12. The Morgan fingerprint density at radius 3 is 2.85 bits per heavy atom. The molecule has 0 saturated carbocycles. The SMILES string of the molecule is C[C@@H]1CNCCN1C(=O)CCc1ncc(-c2ccc(F)cc2F)o1.Cl.Cl. The van der Waals surface area contributed by atoms with Gasteiger partial charge in [0.1, 0.15) is 11.6 Å². The summed E-state index contributed by atoms with van der Waals surface area (Å²) in [4.78, 5) is 18.2. The van der Waals surface area contributed by atoms with Crippen molar-refractivity contribution in [3.8, 4) is 11.3 Å². The highest BCUT2D eigenvalue weighted by atomic mass is 35.5. The first-order valence-corrected chi connectivity index (χ1v) is 7.95. The van der Waals surface area contributed by atoms with E-state index < -0.39 is 11.6 Å². The molecule has 1 atom stereocenters. The number of nitrogens with one attached hydrogen (secondary N) is 1. The minimum Gasteiger partial charge on any atom is -0.441 e. The Labute approximate surface area is 163 Å². The molecule has 1 fully saturated rings. The number of amides is 1. The second kappa shape index (κ2) is 9.85. The van der Waals surface area contributed by atoms with E-state index in [0.29, 0.717) is 18.9 Å². The molecule has 3 rings (SSSR count). The fourth-order valence-corrected chi connectivity index (χ4v) is 2.81. The third-order valence-electron chi connectivity index (χ3n) is 4.12. The van der Waals surface area contributed by atoms with E-state index in [4.69, 9.17) is 4.42 Å². The summed E-state index contributed by atoms with van der Waals surface area (Å²) in [5.41, 5.74) is 0.150. The number of rotatable bonds is 4.